The lowest BCUT2D eigenvalue weighted by Crippen LogP contribution is -2.23. The first-order valence-corrected chi connectivity index (χ1v) is 4.14. The molecule has 0 saturated carbocycles. The van der Waals surface area contributed by atoms with E-state index < -0.39 is 22.0 Å². The largest absolute Gasteiger partial charge is 0.405 e. The summed E-state index contributed by atoms with van der Waals surface area (Å²) < 4.78 is 57.5. The summed E-state index contributed by atoms with van der Waals surface area (Å²) in [5.74, 6) is -1.93. The van der Waals surface area contributed by atoms with Gasteiger partial charge in [-0.1, -0.05) is 0 Å². The molecule has 0 aliphatic carbocycles. The van der Waals surface area contributed by atoms with E-state index in [0.717, 1.165) is 7.11 Å². The fourth-order valence-corrected chi connectivity index (χ4v) is 0.778. The highest BCUT2D eigenvalue weighted by atomic mass is 32.2. The zero-order valence-corrected chi connectivity index (χ0v) is 7.24. The van der Waals surface area contributed by atoms with Crippen LogP contribution in [0, 0.1) is 0 Å². The number of alkyl halides is 3. The third-order valence-electron chi connectivity index (χ3n) is 0.594. The van der Waals surface area contributed by atoms with E-state index in [4.69, 9.17) is 5.11 Å². The maximum atomic E-state index is 11.3. The van der Waals surface area contributed by atoms with E-state index in [1.165, 1.54) is 0 Å². The summed E-state index contributed by atoms with van der Waals surface area (Å²) >= 11 is 0. The molecule has 0 aliphatic heterocycles. The van der Waals surface area contributed by atoms with Gasteiger partial charge < -0.3 is 5.11 Å². The van der Waals surface area contributed by atoms with Crippen molar-refractivity contribution >= 4 is 10.1 Å². The Morgan fingerprint density at radius 3 is 1.75 bits per heavy atom. The van der Waals surface area contributed by atoms with Gasteiger partial charge in [0.05, 0.1) is 7.11 Å². The van der Waals surface area contributed by atoms with Crippen LogP contribution in [0.4, 0.5) is 13.2 Å². The first-order valence-electron chi connectivity index (χ1n) is 2.56. The van der Waals surface area contributed by atoms with Crippen LogP contribution >= 0.6 is 0 Å². The van der Waals surface area contributed by atoms with Crippen molar-refractivity contribution in [3.63, 3.8) is 0 Å². The van der Waals surface area contributed by atoms with Gasteiger partial charge in [-0.25, -0.2) is 0 Å². The van der Waals surface area contributed by atoms with E-state index in [0.29, 0.717) is 7.11 Å². The molecule has 12 heavy (non-hydrogen) atoms. The SMILES string of the molecule is CO.COS(=O)(=O)CC(F)(F)F. The molecule has 4 nitrogen and oxygen atoms in total. The second kappa shape index (κ2) is 5.33. The molecule has 0 aromatic carbocycles. The molecule has 0 fully saturated rings. The molecular weight excluding hydrogens is 201 g/mol. The van der Waals surface area contributed by atoms with E-state index in [1.54, 1.807) is 0 Å². The molecule has 0 spiro atoms. The second-order valence-corrected chi connectivity index (χ2v) is 3.22. The van der Waals surface area contributed by atoms with Crippen LogP contribution in [0.2, 0.25) is 0 Å². The summed E-state index contributed by atoms with van der Waals surface area (Å²) in [5.41, 5.74) is 0. The van der Waals surface area contributed by atoms with Crippen LogP contribution < -0.4 is 0 Å². The Balaban J connectivity index is 0. The minimum absolute atomic E-state index is 0.682. The highest BCUT2D eigenvalue weighted by Gasteiger charge is 2.35. The molecule has 0 aliphatic rings. The molecule has 0 aromatic heterocycles. The van der Waals surface area contributed by atoms with Crippen molar-refractivity contribution in [1.29, 1.82) is 0 Å². The molecule has 8 heteroatoms. The van der Waals surface area contributed by atoms with E-state index in [1.807, 2.05) is 0 Å². The smallest absolute Gasteiger partial charge is 0.400 e. The van der Waals surface area contributed by atoms with Crippen molar-refractivity contribution in [3.8, 4) is 0 Å². The molecule has 0 heterocycles. The van der Waals surface area contributed by atoms with Gasteiger partial charge in [0.25, 0.3) is 10.1 Å². The number of rotatable bonds is 2. The van der Waals surface area contributed by atoms with Crippen molar-refractivity contribution in [2.75, 3.05) is 20.0 Å². The molecule has 0 radical (unpaired) electrons. The minimum Gasteiger partial charge on any atom is -0.400 e. The van der Waals surface area contributed by atoms with Gasteiger partial charge in [-0.2, -0.15) is 21.6 Å². The quantitative estimate of drug-likeness (QED) is 0.658. The zero-order valence-electron chi connectivity index (χ0n) is 6.42. The molecule has 0 bridgehead atoms. The normalized spacial score (nSPS) is 11.8. The van der Waals surface area contributed by atoms with Gasteiger partial charge in [-0.15, -0.1) is 0 Å². The predicted octanol–water partition coefficient (Wildman–Crippen LogP) is 0.133. The van der Waals surface area contributed by atoms with Crippen molar-refractivity contribution in [2.45, 2.75) is 6.18 Å². The fourth-order valence-electron chi connectivity index (χ4n) is 0.259. The Labute approximate surface area is 68.1 Å². The van der Waals surface area contributed by atoms with Crippen LogP contribution in [-0.2, 0) is 14.3 Å². The van der Waals surface area contributed by atoms with Gasteiger partial charge in [0.15, 0.2) is 5.75 Å². The Bertz CT molecular complexity index is 195. The van der Waals surface area contributed by atoms with E-state index >= 15 is 0 Å². The van der Waals surface area contributed by atoms with E-state index in [9.17, 15) is 21.6 Å². The van der Waals surface area contributed by atoms with Gasteiger partial charge in [0.1, 0.15) is 0 Å². The summed E-state index contributed by atoms with van der Waals surface area (Å²) in [6.45, 7) is 0. The molecule has 1 N–H and O–H groups in total. The Kier molecular flexibility index (Phi) is 6.31. The first-order chi connectivity index (χ1) is 5.27. The molecule has 0 saturated heterocycles. The highest BCUT2D eigenvalue weighted by Crippen LogP contribution is 2.17. The topological polar surface area (TPSA) is 63.6 Å². The number of aliphatic hydroxyl groups excluding tert-OH is 1. The van der Waals surface area contributed by atoms with Crippen molar-refractivity contribution < 1.29 is 30.9 Å². The van der Waals surface area contributed by atoms with Crippen LogP contribution in [0.1, 0.15) is 0 Å². The van der Waals surface area contributed by atoms with Gasteiger partial charge in [-0.3, -0.25) is 4.18 Å². The van der Waals surface area contributed by atoms with E-state index in [2.05, 4.69) is 4.18 Å². The molecule has 0 atom stereocenters. The van der Waals surface area contributed by atoms with Crippen molar-refractivity contribution in [2.24, 2.45) is 0 Å². The van der Waals surface area contributed by atoms with Crippen LogP contribution in [0.15, 0.2) is 0 Å². The van der Waals surface area contributed by atoms with E-state index in [-0.39, 0.29) is 0 Å². The Hall–Kier alpha value is -0.340. The standard InChI is InChI=1S/C3H5F3O3S.CH4O/c1-9-10(7,8)2-3(4,5)6;1-2/h2H2,1H3;2H,1H3. The average Bonchev–Trinajstić information content (AvgIpc) is 1.88. The summed E-state index contributed by atoms with van der Waals surface area (Å²) in [4.78, 5) is 0. The summed E-state index contributed by atoms with van der Waals surface area (Å²) in [7, 11) is -2.72. The van der Waals surface area contributed by atoms with Crippen molar-refractivity contribution in [3.05, 3.63) is 0 Å². The molecule has 0 unspecified atom stereocenters. The van der Waals surface area contributed by atoms with Gasteiger partial charge in [-0.05, 0) is 0 Å². The van der Waals surface area contributed by atoms with Gasteiger partial charge >= 0.3 is 6.18 Å². The summed E-state index contributed by atoms with van der Waals surface area (Å²) in [6.07, 6.45) is -4.73. The first kappa shape index (κ1) is 14.2. The zero-order chi connectivity index (χ0) is 10.4. The average molecular weight is 210 g/mol. The summed E-state index contributed by atoms with van der Waals surface area (Å²) in [5, 5.41) is 7.00. The Morgan fingerprint density at radius 2 is 1.67 bits per heavy atom. The molecular formula is C4H9F3O4S. The second-order valence-electron chi connectivity index (χ2n) is 1.48. The van der Waals surface area contributed by atoms with Crippen LogP contribution in [0.25, 0.3) is 0 Å². The summed E-state index contributed by atoms with van der Waals surface area (Å²) in [6, 6.07) is 0. The third-order valence-corrected chi connectivity index (χ3v) is 1.78. The predicted molar refractivity (Wildman–Crippen MR) is 35.0 cm³/mol. The van der Waals surface area contributed by atoms with Crippen LogP contribution in [0.3, 0.4) is 0 Å². The molecule has 0 rings (SSSR count). The fraction of sp³-hybridized carbons (Fsp3) is 1.00. The Morgan fingerprint density at radius 1 is 1.33 bits per heavy atom. The highest BCUT2D eigenvalue weighted by molar-refractivity contribution is 7.86. The number of halogens is 3. The lowest BCUT2D eigenvalue weighted by molar-refractivity contribution is -0.107. The van der Waals surface area contributed by atoms with Crippen molar-refractivity contribution in [1.82, 2.24) is 0 Å². The number of aliphatic hydroxyl groups is 1. The number of hydrogen-bond acceptors (Lipinski definition) is 4. The number of hydrogen-bond donors (Lipinski definition) is 1. The third kappa shape index (κ3) is 9.66. The van der Waals surface area contributed by atoms with Crippen LogP contribution in [0.5, 0.6) is 0 Å². The molecule has 0 aromatic rings. The lowest BCUT2D eigenvalue weighted by Gasteiger charge is -2.03. The monoisotopic (exact) mass is 210 g/mol. The van der Waals surface area contributed by atoms with Crippen LogP contribution in [-0.4, -0.2) is 39.7 Å². The van der Waals surface area contributed by atoms with Gasteiger partial charge in [0, 0.05) is 7.11 Å². The molecule has 0 amide bonds. The maximum Gasteiger partial charge on any atom is 0.405 e. The minimum atomic E-state index is -4.73. The maximum absolute atomic E-state index is 11.3. The molecule has 76 valence electrons. The van der Waals surface area contributed by atoms with Gasteiger partial charge in [0.2, 0.25) is 0 Å². The lowest BCUT2D eigenvalue weighted by atomic mass is 10.8.